The van der Waals surface area contributed by atoms with Gasteiger partial charge >= 0.3 is 0 Å². The molecule has 1 rings (SSSR count). The quantitative estimate of drug-likeness (QED) is 0.554. The van der Waals surface area contributed by atoms with Gasteiger partial charge in [0.05, 0.1) is 25.1 Å². The van der Waals surface area contributed by atoms with Crippen molar-refractivity contribution in [3.8, 4) is 5.75 Å². The van der Waals surface area contributed by atoms with Crippen LogP contribution in [0.4, 0.5) is 11.4 Å². The van der Waals surface area contributed by atoms with Gasteiger partial charge in [0.2, 0.25) is 0 Å². The lowest BCUT2D eigenvalue weighted by Gasteiger charge is -2.10. The zero-order chi connectivity index (χ0) is 11.1. The Hall–Kier alpha value is -1.42. The molecule has 0 amide bonds. The average molecular weight is 210 g/mol. The molecule has 1 aromatic rings. The van der Waals surface area contributed by atoms with Gasteiger partial charge in [-0.2, -0.15) is 0 Å². The minimum Gasteiger partial charge on any atom is -0.497 e. The first-order valence-corrected chi connectivity index (χ1v) is 5.03. The second kappa shape index (κ2) is 6.14. The fourth-order valence-electron chi connectivity index (χ4n) is 1.23. The van der Waals surface area contributed by atoms with Crippen molar-refractivity contribution < 1.29 is 9.47 Å². The fourth-order valence-corrected chi connectivity index (χ4v) is 1.23. The molecular weight excluding hydrogens is 192 g/mol. The van der Waals surface area contributed by atoms with Crippen LogP contribution in [0, 0.1) is 0 Å². The molecule has 0 bridgehead atoms. The number of rotatable bonds is 6. The Kier molecular flexibility index (Phi) is 4.77. The second-order valence-electron chi connectivity index (χ2n) is 3.08. The second-order valence-corrected chi connectivity index (χ2v) is 3.08. The van der Waals surface area contributed by atoms with E-state index in [1.54, 1.807) is 13.2 Å². The van der Waals surface area contributed by atoms with Crippen LogP contribution in [0.25, 0.3) is 0 Å². The van der Waals surface area contributed by atoms with E-state index >= 15 is 0 Å². The summed E-state index contributed by atoms with van der Waals surface area (Å²) >= 11 is 0. The summed E-state index contributed by atoms with van der Waals surface area (Å²) in [5, 5.41) is 3.19. The van der Waals surface area contributed by atoms with Crippen molar-refractivity contribution in [1.82, 2.24) is 0 Å². The number of nitrogens with one attached hydrogen (secondary N) is 1. The molecular formula is C11H18N2O2. The molecule has 0 saturated carbocycles. The first-order valence-electron chi connectivity index (χ1n) is 5.03. The van der Waals surface area contributed by atoms with E-state index in [0.29, 0.717) is 12.3 Å². The lowest BCUT2D eigenvalue weighted by atomic mass is 10.2. The van der Waals surface area contributed by atoms with Gasteiger partial charge in [-0.25, -0.2) is 0 Å². The van der Waals surface area contributed by atoms with Gasteiger partial charge in [-0.15, -0.1) is 0 Å². The van der Waals surface area contributed by atoms with E-state index in [1.807, 2.05) is 19.1 Å². The Bertz CT molecular complexity index is 303. The number of benzene rings is 1. The van der Waals surface area contributed by atoms with Crippen LogP contribution in [0.1, 0.15) is 6.92 Å². The third-order valence-corrected chi connectivity index (χ3v) is 2.02. The first kappa shape index (κ1) is 11.7. The molecule has 0 saturated heterocycles. The molecule has 0 radical (unpaired) electrons. The van der Waals surface area contributed by atoms with Gasteiger partial charge in [0.1, 0.15) is 5.75 Å². The minimum absolute atomic E-state index is 0.683. The molecule has 0 aromatic heterocycles. The smallest absolute Gasteiger partial charge is 0.121 e. The zero-order valence-electron chi connectivity index (χ0n) is 9.25. The molecule has 0 aliphatic rings. The highest BCUT2D eigenvalue weighted by atomic mass is 16.5. The molecule has 0 fully saturated rings. The van der Waals surface area contributed by atoms with E-state index in [-0.39, 0.29) is 0 Å². The molecule has 0 spiro atoms. The standard InChI is InChI=1S/C11H18N2O2/c1-3-15-7-6-13-11-5-4-9(14-2)8-10(11)12/h4-5,8,13H,3,6-7,12H2,1-2H3. The van der Waals surface area contributed by atoms with E-state index in [2.05, 4.69) is 5.32 Å². The van der Waals surface area contributed by atoms with Gasteiger partial charge in [0.25, 0.3) is 0 Å². The summed E-state index contributed by atoms with van der Waals surface area (Å²) in [5.74, 6) is 0.767. The van der Waals surface area contributed by atoms with E-state index in [4.69, 9.17) is 15.2 Å². The lowest BCUT2D eigenvalue weighted by molar-refractivity contribution is 0.158. The van der Waals surface area contributed by atoms with Crippen LogP contribution in [0.15, 0.2) is 18.2 Å². The molecule has 0 atom stereocenters. The molecule has 0 heterocycles. The summed E-state index contributed by atoms with van der Waals surface area (Å²) in [6, 6.07) is 5.57. The molecule has 0 aliphatic carbocycles. The average Bonchev–Trinajstić information content (AvgIpc) is 2.26. The summed E-state index contributed by atoms with van der Waals surface area (Å²) in [4.78, 5) is 0. The van der Waals surface area contributed by atoms with Crippen molar-refractivity contribution in [2.24, 2.45) is 0 Å². The van der Waals surface area contributed by atoms with E-state index in [0.717, 1.165) is 24.6 Å². The summed E-state index contributed by atoms with van der Waals surface area (Å²) in [5.41, 5.74) is 7.43. The Morgan fingerprint density at radius 2 is 2.20 bits per heavy atom. The topological polar surface area (TPSA) is 56.5 Å². The molecule has 15 heavy (non-hydrogen) atoms. The largest absolute Gasteiger partial charge is 0.497 e. The number of anilines is 2. The highest BCUT2D eigenvalue weighted by molar-refractivity contribution is 5.68. The van der Waals surface area contributed by atoms with E-state index < -0.39 is 0 Å². The van der Waals surface area contributed by atoms with Crippen LogP contribution < -0.4 is 15.8 Å². The van der Waals surface area contributed by atoms with Crippen molar-refractivity contribution in [3.05, 3.63) is 18.2 Å². The van der Waals surface area contributed by atoms with Crippen molar-refractivity contribution in [3.63, 3.8) is 0 Å². The first-order chi connectivity index (χ1) is 7.27. The van der Waals surface area contributed by atoms with Crippen LogP contribution in [0.5, 0.6) is 5.75 Å². The van der Waals surface area contributed by atoms with Gasteiger partial charge in [-0.3, -0.25) is 0 Å². The number of nitrogens with two attached hydrogens (primary N) is 1. The Morgan fingerprint density at radius 1 is 1.40 bits per heavy atom. The van der Waals surface area contributed by atoms with E-state index in [1.165, 1.54) is 0 Å². The monoisotopic (exact) mass is 210 g/mol. The maximum Gasteiger partial charge on any atom is 0.121 e. The molecule has 0 unspecified atom stereocenters. The van der Waals surface area contributed by atoms with Gasteiger partial charge in [-0.1, -0.05) is 0 Å². The predicted molar refractivity (Wildman–Crippen MR) is 62.4 cm³/mol. The fraction of sp³-hybridized carbons (Fsp3) is 0.455. The number of hydrogen-bond donors (Lipinski definition) is 2. The maximum atomic E-state index is 5.83. The zero-order valence-corrected chi connectivity index (χ0v) is 9.25. The number of ether oxygens (including phenoxy) is 2. The number of hydrogen-bond acceptors (Lipinski definition) is 4. The maximum absolute atomic E-state index is 5.83. The van der Waals surface area contributed by atoms with Gasteiger partial charge < -0.3 is 20.5 Å². The molecule has 3 N–H and O–H groups in total. The third-order valence-electron chi connectivity index (χ3n) is 2.02. The Labute approximate surface area is 90.4 Å². The van der Waals surface area contributed by atoms with Gasteiger partial charge in [0, 0.05) is 19.2 Å². The summed E-state index contributed by atoms with van der Waals surface area (Å²) < 4.78 is 10.3. The Morgan fingerprint density at radius 3 is 2.80 bits per heavy atom. The van der Waals surface area contributed by atoms with Crippen LogP contribution in [-0.2, 0) is 4.74 Å². The third kappa shape index (κ3) is 3.67. The van der Waals surface area contributed by atoms with Crippen LogP contribution in [0.3, 0.4) is 0 Å². The van der Waals surface area contributed by atoms with Crippen molar-refractivity contribution in [1.29, 1.82) is 0 Å². The van der Waals surface area contributed by atoms with Crippen molar-refractivity contribution in [2.75, 3.05) is 37.9 Å². The minimum atomic E-state index is 0.683. The predicted octanol–water partition coefficient (Wildman–Crippen LogP) is 1.73. The normalized spacial score (nSPS) is 10.0. The molecule has 0 aliphatic heterocycles. The van der Waals surface area contributed by atoms with Gasteiger partial charge in [0.15, 0.2) is 0 Å². The van der Waals surface area contributed by atoms with Crippen LogP contribution in [0.2, 0.25) is 0 Å². The van der Waals surface area contributed by atoms with Crippen molar-refractivity contribution >= 4 is 11.4 Å². The van der Waals surface area contributed by atoms with Gasteiger partial charge in [-0.05, 0) is 19.1 Å². The Balaban J connectivity index is 2.47. The van der Waals surface area contributed by atoms with Crippen LogP contribution >= 0.6 is 0 Å². The highest BCUT2D eigenvalue weighted by Crippen LogP contribution is 2.23. The SMILES string of the molecule is CCOCCNc1ccc(OC)cc1N. The summed E-state index contributed by atoms with van der Waals surface area (Å²) in [6.45, 7) is 4.15. The number of methoxy groups -OCH3 is 1. The number of nitrogen functional groups attached to an aromatic ring is 1. The summed E-state index contributed by atoms with van der Waals surface area (Å²) in [6.07, 6.45) is 0. The molecule has 1 aromatic carbocycles. The van der Waals surface area contributed by atoms with E-state index in [9.17, 15) is 0 Å². The molecule has 4 heteroatoms. The molecule has 84 valence electrons. The molecule has 4 nitrogen and oxygen atoms in total. The van der Waals surface area contributed by atoms with Crippen LogP contribution in [-0.4, -0.2) is 26.9 Å². The highest BCUT2D eigenvalue weighted by Gasteiger charge is 1.99. The summed E-state index contributed by atoms with van der Waals surface area (Å²) in [7, 11) is 1.62. The lowest BCUT2D eigenvalue weighted by Crippen LogP contribution is -2.10. The van der Waals surface area contributed by atoms with Crippen molar-refractivity contribution in [2.45, 2.75) is 6.92 Å².